The van der Waals surface area contributed by atoms with Gasteiger partial charge in [-0.3, -0.25) is 0 Å². The number of phenolic OH excluding ortho intramolecular Hbond substituents is 1. The Bertz CT molecular complexity index is 801. The van der Waals surface area contributed by atoms with Gasteiger partial charge < -0.3 is 14.8 Å². The van der Waals surface area contributed by atoms with Crippen molar-refractivity contribution >= 4 is 27.0 Å². The molecule has 0 unspecified atom stereocenters. The number of fused-ring (bicyclic) bond motifs is 1. The number of halogens is 2. The molecule has 1 aromatic heterocycles. The van der Waals surface area contributed by atoms with Crippen LogP contribution < -0.4 is 4.74 Å². The monoisotopic (exact) mass is 336 g/mol. The first-order valence-electron chi connectivity index (χ1n) is 5.80. The zero-order valence-electron chi connectivity index (χ0n) is 10.4. The minimum absolute atomic E-state index is 0.0263. The van der Waals surface area contributed by atoms with Crippen molar-refractivity contribution in [2.45, 2.75) is 0 Å². The molecular weight excluding hydrogens is 327 g/mol. The number of imidazole rings is 1. The lowest BCUT2D eigenvalue weighted by molar-refractivity contribution is 0.372. The van der Waals surface area contributed by atoms with Crippen LogP contribution >= 0.6 is 15.9 Å². The number of hydrogen-bond acceptors (Lipinski definition) is 3. The lowest BCUT2D eigenvalue weighted by atomic mass is 10.2. The number of aromatic nitrogens is 2. The van der Waals surface area contributed by atoms with E-state index in [1.165, 1.54) is 19.2 Å². The van der Waals surface area contributed by atoms with Crippen LogP contribution in [0.15, 0.2) is 34.8 Å². The minimum Gasteiger partial charge on any atom is -0.503 e. The second-order valence-electron chi connectivity index (χ2n) is 4.26. The number of methoxy groups -OCH3 is 1. The van der Waals surface area contributed by atoms with E-state index in [4.69, 9.17) is 4.74 Å². The Kier molecular flexibility index (Phi) is 3.10. The van der Waals surface area contributed by atoms with Crippen molar-refractivity contribution in [2.75, 3.05) is 7.11 Å². The number of nitrogens with one attached hydrogen (secondary N) is 1. The summed E-state index contributed by atoms with van der Waals surface area (Å²) >= 11 is 3.26. The van der Waals surface area contributed by atoms with Gasteiger partial charge in [0.25, 0.3) is 0 Å². The van der Waals surface area contributed by atoms with E-state index in [1.54, 1.807) is 18.2 Å². The van der Waals surface area contributed by atoms with Crippen molar-refractivity contribution in [2.24, 2.45) is 0 Å². The summed E-state index contributed by atoms with van der Waals surface area (Å²) in [7, 11) is 1.47. The van der Waals surface area contributed by atoms with E-state index in [0.717, 1.165) is 5.56 Å². The van der Waals surface area contributed by atoms with E-state index in [9.17, 15) is 9.50 Å². The van der Waals surface area contributed by atoms with Crippen LogP contribution in [0.4, 0.5) is 4.39 Å². The van der Waals surface area contributed by atoms with Gasteiger partial charge >= 0.3 is 0 Å². The molecule has 0 spiro atoms. The van der Waals surface area contributed by atoms with Crippen molar-refractivity contribution in [3.8, 4) is 22.9 Å². The van der Waals surface area contributed by atoms with Gasteiger partial charge in [-0.05, 0) is 46.3 Å². The largest absolute Gasteiger partial charge is 0.503 e. The van der Waals surface area contributed by atoms with E-state index >= 15 is 0 Å². The quantitative estimate of drug-likeness (QED) is 0.747. The van der Waals surface area contributed by atoms with Gasteiger partial charge in [0, 0.05) is 5.56 Å². The smallest absolute Gasteiger partial charge is 0.172 e. The zero-order chi connectivity index (χ0) is 14.3. The standard InChI is InChI=1S/C14H10BrFN2O2/c1-20-12-5-7(4-9(15)13(12)19)14-17-10-3-2-8(16)6-11(10)18-14/h2-6,19H,1H3,(H,17,18). The third-order valence-corrected chi connectivity index (χ3v) is 3.57. The molecule has 0 bridgehead atoms. The highest BCUT2D eigenvalue weighted by Gasteiger charge is 2.12. The number of ether oxygens (including phenoxy) is 1. The number of H-pyrrole nitrogens is 1. The average molecular weight is 337 g/mol. The third kappa shape index (κ3) is 2.12. The van der Waals surface area contributed by atoms with Gasteiger partial charge in [-0.1, -0.05) is 0 Å². The molecule has 0 atom stereocenters. The van der Waals surface area contributed by atoms with E-state index in [0.29, 0.717) is 27.1 Å². The maximum Gasteiger partial charge on any atom is 0.172 e. The Hall–Kier alpha value is -2.08. The second kappa shape index (κ2) is 4.79. The molecule has 4 nitrogen and oxygen atoms in total. The number of hydrogen-bond donors (Lipinski definition) is 2. The summed E-state index contributed by atoms with van der Waals surface area (Å²) in [4.78, 5) is 7.43. The molecule has 0 saturated heterocycles. The van der Waals surface area contributed by atoms with E-state index in [2.05, 4.69) is 25.9 Å². The first kappa shape index (κ1) is 12.9. The van der Waals surface area contributed by atoms with Crippen LogP contribution in [0.5, 0.6) is 11.5 Å². The lowest BCUT2D eigenvalue weighted by Crippen LogP contribution is -1.87. The molecule has 3 rings (SSSR count). The van der Waals surface area contributed by atoms with Crippen LogP contribution in [-0.2, 0) is 0 Å². The average Bonchev–Trinajstić information content (AvgIpc) is 2.84. The highest BCUT2D eigenvalue weighted by molar-refractivity contribution is 9.10. The summed E-state index contributed by atoms with van der Waals surface area (Å²) in [6, 6.07) is 7.73. The first-order chi connectivity index (χ1) is 9.58. The molecule has 6 heteroatoms. The maximum atomic E-state index is 13.2. The predicted molar refractivity (Wildman–Crippen MR) is 77.4 cm³/mol. The van der Waals surface area contributed by atoms with Crippen LogP contribution in [0.25, 0.3) is 22.4 Å². The summed E-state index contributed by atoms with van der Waals surface area (Å²) in [5.41, 5.74) is 2.01. The molecule has 0 radical (unpaired) electrons. The van der Waals surface area contributed by atoms with Crippen LogP contribution in [0.1, 0.15) is 0 Å². The SMILES string of the molecule is COc1cc(-c2nc3ccc(F)cc3[nH]2)cc(Br)c1O. The molecule has 2 aromatic carbocycles. The number of nitrogens with zero attached hydrogens (tertiary/aromatic N) is 1. The number of aromatic amines is 1. The highest BCUT2D eigenvalue weighted by atomic mass is 79.9. The van der Waals surface area contributed by atoms with Crippen molar-refractivity contribution in [3.63, 3.8) is 0 Å². The fourth-order valence-electron chi connectivity index (χ4n) is 1.98. The van der Waals surface area contributed by atoms with E-state index in [1.807, 2.05) is 0 Å². The molecule has 0 saturated carbocycles. The van der Waals surface area contributed by atoms with Crippen LogP contribution in [0.3, 0.4) is 0 Å². The molecule has 3 aromatic rings. The molecule has 0 aliphatic rings. The summed E-state index contributed by atoms with van der Waals surface area (Å²) in [5.74, 6) is 0.612. The molecule has 0 amide bonds. The Morgan fingerprint density at radius 3 is 2.85 bits per heavy atom. The summed E-state index contributed by atoms with van der Waals surface area (Å²) in [6.07, 6.45) is 0. The van der Waals surface area contributed by atoms with Crippen molar-refractivity contribution in [1.29, 1.82) is 0 Å². The van der Waals surface area contributed by atoms with Crippen LogP contribution in [0, 0.1) is 5.82 Å². The molecular formula is C14H10BrFN2O2. The number of benzene rings is 2. The van der Waals surface area contributed by atoms with Gasteiger partial charge in [-0.2, -0.15) is 0 Å². The minimum atomic E-state index is -0.322. The molecule has 1 heterocycles. The van der Waals surface area contributed by atoms with Crippen LogP contribution in [0.2, 0.25) is 0 Å². The molecule has 20 heavy (non-hydrogen) atoms. The summed E-state index contributed by atoms with van der Waals surface area (Å²) in [6.45, 7) is 0. The van der Waals surface area contributed by atoms with Crippen molar-refractivity contribution < 1.29 is 14.2 Å². The Morgan fingerprint density at radius 2 is 2.10 bits per heavy atom. The van der Waals surface area contributed by atoms with E-state index in [-0.39, 0.29) is 11.6 Å². The van der Waals surface area contributed by atoms with Crippen molar-refractivity contribution in [1.82, 2.24) is 9.97 Å². The van der Waals surface area contributed by atoms with Gasteiger partial charge in [0.1, 0.15) is 11.6 Å². The predicted octanol–water partition coefficient (Wildman–Crippen LogP) is 3.85. The number of aromatic hydroxyl groups is 1. The number of rotatable bonds is 2. The van der Waals surface area contributed by atoms with Gasteiger partial charge in [0.15, 0.2) is 11.5 Å². The summed E-state index contributed by atoms with van der Waals surface area (Å²) < 4.78 is 18.8. The fourth-order valence-corrected chi connectivity index (χ4v) is 2.43. The second-order valence-corrected chi connectivity index (χ2v) is 5.11. The van der Waals surface area contributed by atoms with Crippen LogP contribution in [-0.4, -0.2) is 22.2 Å². The third-order valence-electron chi connectivity index (χ3n) is 2.97. The molecule has 0 aliphatic heterocycles. The molecule has 0 fully saturated rings. The Balaban J connectivity index is 2.17. The maximum absolute atomic E-state index is 13.2. The van der Waals surface area contributed by atoms with Gasteiger partial charge in [0.05, 0.1) is 22.6 Å². The van der Waals surface area contributed by atoms with E-state index < -0.39 is 0 Å². The Labute approximate surface area is 122 Å². The first-order valence-corrected chi connectivity index (χ1v) is 6.60. The highest BCUT2D eigenvalue weighted by Crippen LogP contribution is 2.38. The Morgan fingerprint density at radius 1 is 1.30 bits per heavy atom. The van der Waals surface area contributed by atoms with Crippen molar-refractivity contribution in [3.05, 3.63) is 40.6 Å². The van der Waals surface area contributed by atoms with Gasteiger partial charge in [-0.25, -0.2) is 9.37 Å². The zero-order valence-corrected chi connectivity index (χ0v) is 12.0. The lowest BCUT2D eigenvalue weighted by Gasteiger charge is -2.07. The molecule has 2 N–H and O–H groups in total. The topological polar surface area (TPSA) is 58.1 Å². The van der Waals surface area contributed by atoms with Gasteiger partial charge in [0.2, 0.25) is 0 Å². The molecule has 102 valence electrons. The number of phenols is 1. The summed E-state index contributed by atoms with van der Waals surface area (Å²) in [5, 5.41) is 9.79. The fraction of sp³-hybridized carbons (Fsp3) is 0.0714. The van der Waals surface area contributed by atoms with Gasteiger partial charge in [-0.15, -0.1) is 0 Å². The molecule has 0 aliphatic carbocycles. The normalized spacial score (nSPS) is 10.9.